The molecule has 0 atom stereocenters. The Hall–Kier alpha value is -2.48. The summed E-state index contributed by atoms with van der Waals surface area (Å²) in [5.41, 5.74) is 1.62. The number of rotatable bonds is 6. The van der Waals surface area contributed by atoms with Gasteiger partial charge in [-0.1, -0.05) is 12.1 Å². The van der Waals surface area contributed by atoms with E-state index in [1.165, 1.54) is 24.6 Å². The highest BCUT2D eigenvalue weighted by Crippen LogP contribution is 2.18. The number of anilines is 2. The molecule has 0 unspecified atom stereocenters. The lowest BCUT2D eigenvalue weighted by Gasteiger charge is -2.06. The molecule has 0 aliphatic carbocycles. The van der Waals surface area contributed by atoms with Crippen molar-refractivity contribution in [1.29, 1.82) is 0 Å². The molecular formula is C14H15N3O4S. The lowest BCUT2D eigenvalue weighted by atomic mass is 10.1. The maximum atomic E-state index is 11.1. The SMILES string of the molecule is CS(=O)(=O)CCc1ccc(Nc2ccc([N+](=O)[O-])cn2)cc1. The number of nitro groups is 1. The minimum absolute atomic E-state index is 0.0679. The average Bonchev–Trinajstić information content (AvgIpc) is 2.46. The smallest absolute Gasteiger partial charge is 0.287 e. The number of nitrogens with zero attached hydrogens (tertiary/aromatic N) is 2. The van der Waals surface area contributed by atoms with Gasteiger partial charge in [0.1, 0.15) is 21.9 Å². The van der Waals surface area contributed by atoms with E-state index in [4.69, 9.17) is 0 Å². The third kappa shape index (κ3) is 4.81. The van der Waals surface area contributed by atoms with Gasteiger partial charge in [0, 0.05) is 18.0 Å². The van der Waals surface area contributed by atoms with E-state index in [1.807, 2.05) is 12.1 Å². The van der Waals surface area contributed by atoms with Gasteiger partial charge in [-0.3, -0.25) is 10.1 Å². The topological polar surface area (TPSA) is 102 Å². The van der Waals surface area contributed by atoms with E-state index in [0.29, 0.717) is 12.2 Å². The molecule has 0 fully saturated rings. The number of pyridine rings is 1. The first-order valence-electron chi connectivity index (χ1n) is 6.48. The summed E-state index contributed by atoms with van der Waals surface area (Å²) in [7, 11) is -2.97. The van der Waals surface area contributed by atoms with E-state index in [9.17, 15) is 18.5 Å². The van der Waals surface area contributed by atoms with Crippen LogP contribution in [0.3, 0.4) is 0 Å². The third-order valence-corrected chi connectivity index (χ3v) is 3.89. The van der Waals surface area contributed by atoms with Crippen molar-refractivity contribution in [3.8, 4) is 0 Å². The van der Waals surface area contributed by atoms with Crippen LogP contribution in [-0.2, 0) is 16.3 Å². The second kappa shape index (κ2) is 6.52. The molecule has 0 radical (unpaired) electrons. The minimum Gasteiger partial charge on any atom is -0.340 e. The molecule has 2 rings (SSSR count). The Morgan fingerprint density at radius 3 is 2.36 bits per heavy atom. The fourth-order valence-corrected chi connectivity index (χ4v) is 2.38. The first-order valence-corrected chi connectivity index (χ1v) is 8.54. The van der Waals surface area contributed by atoms with Crippen molar-refractivity contribution in [3.63, 3.8) is 0 Å². The zero-order valence-corrected chi connectivity index (χ0v) is 12.7. The lowest BCUT2D eigenvalue weighted by molar-refractivity contribution is -0.385. The standard InChI is InChI=1S/C14H15N3O4S/c1-22(20,21)9-8-11-2-4-12(5-3-11)16-14-7-6-13(10-15-14)17(18)19/h2-7,10H,8-9H2,1H3,(H,15,16). The van der Waals surface area contributed by atoms with Gasteiger partial charge in [0.15, 0.2) is 0 Å². The molecule has 0 bridgehead atoms. The summed E-state index contributed by atoms with van der Waals surface area (Å²) in [4.78, 5) is 14.0. The van der Waals surface area contributed by atoms with Crippen LogP contribution in [0, 0.1) is 10.1 Å². The van der Waals surface area contributed by atoms with Gasteiger partial charge < -0.3 is 5.32 Å². The number of hydrogen-bond acceptors (Lipinski definition) is 6. The predicted octanol–water partition coefficient (Wildman–Crippen LogP) is 2.32. The Labute approximate surface area is 128 Å². The van der Waals surface area contributed by atoms with Crippen LogP contribution in [0.1, 0.15) is 5.56 Å². The van der Waals surface area contributed by atoms with Crippen LogP contribution in [0.2, 0.25) is 0 Å². The van der Waals surface area contributed by atoms with Gasteiger partial charge in [0.25, 0.3) is 5.69 Å². The molecule has 0 aliphatic rings. The summed E-state index contributed by atoms with van der Waals surface area (Å²) < 4.78 is 22.2. The molecular weight excluding hydrogens is 306 g/mol. The van der Waals surface area contributed by atoms with Crippen molar-refractivity contribution in [2.24, 2.45) is 0 Å². The van der Waals surface area contributed by atoms with Crippen molar-refractivity contribution < 1.29 is 13.3 Å². The molecule has 0 amide bonds. The van der Waals surface area contributed by atoms with Crippen molar-refractivity contribution in [1.82, 2.24) is 4.98 Å². The molecule has 22 heavy (non-hydrogen) atoms. The average molecular weight is 321 g/mol. The first-order chi connectivity index (χ1) is 10.3. The quantitative estimate of drug-likeness (QED) is 0.647. The fraction of sp³-hybridized carbons (Fsp3) is 0.214. The molecule has 1 heterocycles. The number of hydrogen-bond donors (Lipinski definition) is 1. The number of sulfone groups is 1. The van der Waals surface area contributed by atoms with E-state index >= 15 is 0 Å². The maximum Gasteiger partial charge on any atom is 0.287 e. The van der Waals surface area contributed by atoms with E-state index in [2.05, 4.69) is 10.3 Å². The highest BCUT2D eigenvalue weighted by molar-refractivity contribution is 7.90. The van der Waals surface area contributed by atoms with Gasteiger partial charge in [-0.05, 0) is 30.2 Å². The number of benzene rings is 1. The predicted molar refractivity (Wildman–Crippen MR) is 84.0 cm³/mol. The molecule has 0 saturated carbocycles. The van der Waals surface area contributed by atoms with E-state index < -0.39 is 14.8 Å². The summed E-state index contributed by atoms with van der Waals surface area (Å²) in [5, 5.41) is 13.6. The van der Waals surface area contributed by atoms with Crippen LogP contribution in [0.4, 0.5) is 17.2 Å². The van der Waals surface area contributed by atoms with Crippen LogP contribution < -0.4 is 5.32 Å². The molecule has 1 aromatic heterocycles. The molecule has 1 N–H and O–H groups in total. The molecule has 1 aromatic carbocycles. The molecule has 2 aromatic rings. The van der Waals surface area contributed by atoms with Crippen molar-refractivity contribution in [2.75, 3.05) is 17.3 Å². The van der Waals surface area contributed by atoms with Crippen LogP contribution in [0.25, 0.3) is 0 Å². The summed E-state index contributed by atoms with van der Waals surface area (Å²) in [5.74, 6) is 0.610. The first kappa shape index (κ1) is 15.9. The monoisotopic (exact) mass is 321 g/mol. The summed E-state index contributed by atoms with van der Waals surface area (Å²) >= 11 is 0. The highest BCUT2D eigenvalue weighted by atomic mass is 32.2. The van der Waals surface area contributed by atoms with Crippen LogP contribution in [-0.4, -0.2) is 30.3 Å². The van der Waals surface area contributed by atoms with Crippen LogP contribution in [0.5, 0.6) is 0 Å². The van der Waals surface area contributed by atoms with Crippen molar-refractivity contribution >= 4 is 27.0 Å². The maximum absolute atomic E-state index is 11.1. The second-order valence-electron chi connectivity index (χ2n) is 4.86. The van der Waals surface area contributed by atoms with Crippen LogP contribution in [0.15, 0.2) is 42.6 Å². The van der Waals surface area contributed by atoms with Crippen molar-refractivity contribution in [2.45, 2.75) is 6.42 Å². The Morgan fingerprint density at radius 1 is 1.18 bits per heavy atom. The van der Waals surface area contributed by atoms with E-state index in [-0.39, 0.29) is 11.4 Å². The number of nitrogens with one attached hydrogen (secondary N) is 1. The Kier molecular flexibility index (Phi) is 4.71. The fourth-order valence-electron chi connectivity index (χ4n) is 1.77. The van der Waals surface area contributed by atoms with E-state index in [0.717, 1.165) is 11.3 Å². The molecule has 0 saturated heterocycles. The summed E-state index contributed by atoms with van der Waals surface area (Å²) in [6.45, 7) is 0. The van der Waals surface area contributed by atoms with Gasteiger partial charge in [0.2, 0.25) is 0 Å². The Morgan fingerprint density at radius 2 is 1.86 bits per heavy atom. The van der Waals surface area contributed by atoms with Gasteiger partial charge in [-0.15, -0.1) is 0 Å². The summed E-state index contributed by atoms with van der Waals surface area (Å²) in [6.07, 6.45) is 2.86. The zero-order valence-electron chi connectivity index (χ0n) is 11.9. The van der Waals surface area contributed by atoms with Crippen LogP contribution >= 0.6 is 0 Å². The van der Waals surface area contributed by atoms with Gasteiger partial charge >= 0.3 is 0 Å². The molecule has 0 aliphatic heterocycles. The minimum atomic E-state index is -2.97. The van der Waals surface area contributed by atoms with E-state index in [1.54, 1.807) is 12.1 Å². The van der Waals surface area contributed by atoms with Gasteiger partial charge in [0.05, 0.1) is 10.7 Å². The Bertz CT molecular complexity index is 756. The number of aromatic nitrogens is 1. The van der Waals surface area contributed by atoms with Gasteiger partial charge in [-0.2, -0.15) is 0 Å². The normalized spacial score (nSPS) is 11.1. The molecule has 7 nitrogen and oxygen atoms in total. The van der Waals surface area contributed by atoms with Gasteiger partial charge in [-0.25, -0.2) is 13.4 Å². The third-order valence-electron chi connectivity index (χ3n) is 2.95. The molecule has 116 valence electrons. The number of aryl methyl sites for hydroxylation is 1. The molecule has 8 heteroatoms. The summed E-state index contributed by atoms with van der Waals surface area (Å²) in [6, 6.07) is 10.2. The largest absolute Gasteiger partial charge is 0.340 e. The van der Waals surface area contributed by atoms with Crippen molar-refractivity contribution in [3.05, 3.63) is 58.3 Å². The Balaban J connectivity index is 2.00. The molecule has 0 spiro atoms. The second-order valence-corrected chi connectivity index (χ2v) is 7.12. The lowest BCUT2D eigenvalue weighted by Crippen LogP contribution is -2.05. The zero-order chi connectivity index (χ0) is 16.2. The highest BCUT2D eigenvalue weighted by Gasteiger charge is 2.06.